The third-order valence-corrected chi connectivity index (χ3v) is 5.09. The molecule has 2 aliphatic carbocycles. The lowest BCUT2D eigenvalue weighted by Crippen LogP contribution is -2.53. The monoisotopic (exact) mass is 290 g/mol. The largest absolute Gasteiger partial charge is 0.349 e. The van der Waals surface area contributed by atoms with E-state index in [-0.39, 0.29) is 23.8 Å². The molecule has 3 N–H and O–H groups in total. The highest BCUT2D eigenvalue weighted by Gasteiger charge is 2.39. The quantitative estimate of drug-likeness (QED) is 0.880. The molecule has 3 rings (SSSR count). The van der Waals surface area contributed by atoms with Crippen LogP contribution in [0.25, 0.3) is 0 Å². The van der Waals surface area contributed by atoms with Gasteiger partial charge in [0.1, 0.15) is 5.82 Å². The summed E-state index contributed by atoms with van der Waals surface area (Å²) in [5.41, 5.74) is 7.16. The van der Waals surface area contributed by atoms with Crippen LogP contribution in [-0.4, -0.2) is 18.0 Å². The summed E-state index contributed by atoms with van der Waals surface area (Å²) in [4.78, 5) is 12.4. The van der Waals surface area contributed by atoms with Crippen LogP contribution in [0.4, 0.5) is 4.39 Å². The molecule has 21 heavy (non-hydrogen) atoms. The van der Waals surface area contributed by atoms with Crippen LogP contribution in [0.15, 0.2) is 18.2 Å². The van der Waals surface area contributed by atoms with Crippen LogP contribution >= 0.6 is 0 Å². The zero-order chi connectivity index (χ0) is 15.0. The number of halogens is 1. The Morgan fingerprint density at radius 2 is 1.95 bits per heavy atom. The lowest BCUT2D eigenvalue weighted by molar-refractivity contribution is 0.0756. The van der Waals surface area contributed by atoms with Gasteiger partial charge in [0.25, 0.3) is 5.91 Å². The van der Waals surface area contributed by atoms with Gasteiger partial charge in [-0.2, -0.15) is 0 Å². The molecule has 2 fully saturated rings. The molecule has 0 heterocycles. The van der Waals surface area contributed by atoms with Crippen molar-refractivity contribution in [2.24, 2.45) is 17.6 Å². The number of hydrogen-bond acceptors (Lipinski definition) is 2. The van der Waals surface area contributed by atoms with Crippen molar-refractivity contribution < 1.29 is 9.18 Å². The first-order chi connectivity index (χ1) is 10.0. The Kier molecular flexibility index (Phi) is 3.98. The Bertz CT molecular complexity index is 532. The average Bonchev–Trinajstić information content (AvgIpc) is 2.42. The minimum Gasteiger partial charge on any atom is -0.349 e. The maximum Gasteiger partial charge on any atom is 0.251 e. The summed E-state index contributed by atoms with van der Waals surface area (Å²) in [5.74, 6) is 0.638. The fourth-order valence-electron chi connectivity index (χ4n) is 4.05. The van der Waals surface area contributed by atoms with Gasteiger partial charge in [0.2, 0.25) is 0 Å². The summed E-state index contributed by atoms with van der Waals surface area (Å²) in [6.07, 6.45) is 5.55. The third kappa shape index (κ3) is 2.95. The van der Waals surface area contributed by atoms with Crippen molar-refractivity contribution in [3.05, 3.63) is 35.1 Å². The first-order valence-corrected chi connectivity index (χ1v) is 7.87. The molecule has 0 aromatic heterocycles. The first kappa shape index (κ1) is 14.5. The van der Waals surface area contributed by atoms with E-state index >= 15 is 0 Å². The SMILES string of the molecule is Cc1cc(C(=O)NC2C3CCCC2CC(N)C3)ccc1F. The van der Waals surface area contributed by atoms with Gasteiger partial charge < -0.3 is 11.1 Å². The summed E-state index contributed by atoms with van der Waals surface area (Å²) >= 11 is 0. The number of rotatable bonds is 2. The number of amides is 1. The van der Waals surface area contributed by atoms with Crippen molar-refractivity contribution >= 4 is 5.91 Å². The molecular weight excluding hydrogens is 267 g/mol. The average molecular weight is 290 g/mol. The molecule has 1 aromatic rings. The van der Waals surface area contributed by atoms with Crippen molar-refractivity contribution in [1.29, 1.82) is 0 Å². The number of carbonyl (C=O) groups excluding carboxylic acids is 1. The van der Waals surface area contributed by atoms with Crippen LogP contribution in [0.2, 0.25) is 0 Å². The smallest absolute Gasteiger partial charge is 0.251 e. The summed E-state index contributed by atoms with van der Waals surface area (Å²) < 4.78 is 13.3. The van der Waals surface area contributed by atoms with E-state index in [1.807, 2.05) is 0 Å². The predicted octanol–water partition coefficient (Wildman–Crippen LogP) is 2.77. The Balaban J connectivity index is 1.73. The van der Waals surface area contributed by atoms with E-state index in [1.54, 1.807) is 19.1 Å². The molecule has 2 aliphatic rings. The number of carbonyl (C=O) groups is 1. The van der Waals surface area contributed by atoms with Crippen molar-refractivity contribution in [2.45, 2.75) is 51.1 Å². The third-order valence-electron chi connectivity index (χ3n) is 5.09. The highest BCUT2D eigenvalue weighted by molar-refractivity contribution is 5.94. The number of nitrogens with two attached hydrogens (primary N) is 1. The van der Waals surface area contributed by atoms with Gasteiger partial charge in [0, 0.05) is 17.6 Å². The molecule has 1 amide bonds. The van der Waals surface area contributed by atoms with Crippen LogP contribution in [-0.2, 0) is 0 Å². The Morgan fingerprint density at radius 1 is 1.29 bits per heavy atom. The summed E-state index contributed by atoms with van der Waals surface area (Å²) in [7, 11) is 0. The fraction of sp³-hybridized carbons (Fsp3) is 0.588. The number of benzene rings is 1. The zero-order valence-corrected chi connectivity index (χ0v) is 12.4. The highest BCUT2D eigenvalue weighted by atomic mass is 19.1. The van der Waals surface area contributed by atoms with E-state index < -0.39 is 0 Å². The Hall–Kier alpha value is -1.42. The van der Waals surface area contributed by atoms with Gasteiger partial charge in [0.15, 0.2) is 0 Å². The van der Waals surface area contributed by atoms with Crippen LogP contribution in [0.1, 0.15) is 48.0 Å². The molecule has 3 nitrogen and oxygen atoms in total. The molecule has 114 valence electrons. The molecular formula is C17H23FN2O. The molecule has 0 spiro atoms. The van der Waals surface area contributed by atoms with Crippen LogP contribution in [0, 0.1) is 24.6 Å². The molecule has 2 saturated carbocycles. The molecule has 1 aromatic carbocycles. The first-order valence-electron chi connectivity index (χ1n) is 7.87. The van der Waals surface area contributed by atoms with E-state index in [4.69, 9.17) is 5.73 Å². The van der Waals surface area contributed by atoms with E-state index in [0.29, 0.717) is 23.0 Å². The highest BCUT2D eigenvalue weighted by Crippen LogP contribution is 2.39. The molecule has 0 aliphatic heterocycles. The maximum atomic E-state index is 13.3. The van der Waals surface area contributed by atoms with E-state index in [0.717, 1.165) is 25.7 Å². The van der Waals surface area contributed by atoms with Gasteiger partial charge >= 0.3 is 0 Å². The summed E-state index contributed by atoms with van der Waals surface area (Å²) in [6.45, 7) is 1.68. The van der Waals surface area contributed by atoms with Gasteiger partial charge in [0.05, 0.1) is 0 Å². The predicted molar refractivity (Wildman–Crippen MR) is 80.4 cm³/mol. The van der Waals surface area contributed by atoms with Crippen molar-refractivity contribution in [3.8, 4) is 0 Å². The minimum atomic E-state index is -0.271. The van der Waals surface area contributed by atoms with E-state index in [2.05, 4.69) is 5.32 Å². The summed E-state index contributed by atoms with van der Waals surface area (Å²) in [5, 5.41) is 3.19. The number of fused-ring (bicyclic) bond motifs is 2. The molecule has 2 atom stereocenters. The van der Waals surface area contributed by atoms with Gasteiger partial charge in [-0.25, -0.2) is 4.39 Å². The summed E-state index contributed by atoms with van der Waals surface area (Å²) in [6, 6.07) is 5.05. The lowest BCUT2D eigenvalue weighted by Gasteiger charge is -2.45. The van der Waals surface area contributed by atoms with Gasteiger partial charge in [-0.3, -0.25) is 4.79 Å². The van der Waals surface area contributed by atoms with E-state index in [9.17, 15) is 9.18 Å². The number of aryl methyl sites for hydroxylation is 1. The van der Waals surface area contributed by atoms with E-state index in [1.165, 1.54) is 12.5 Å². The van der Waals surface area contributed by atoms with Gasteiger partial charge in [-0.15, -0.1) is 0 Å². The Labute approximate surface area is 125 Å². The second-order valence-corrected chi connectivity index (χ2v) is 6.65. The Morgan fingerprint density at radius 3 is 2.57 bits per heavy atom. The maximum absolute atomic E-state index is 13.3. The van der Waals surface area contributed by atoms with Crippen molar-refractivity contribution in [2.75, 3.05) is 0 Å². The van der Waals surface area contributed by atoms with Crippen LogP contribution in [0.5, 0.6) is 0 Å². The van der Waals surface area contributed by atoms with Crippen LogP contribution < -0.4 is 11.1 Å². The number of nitrogens with one attached hydrogen (secondary N) is 1. The van der Waals surface area contributed by atoms with Gasteiger partial charge in [-0.1, -0.05) is 6.42 Å². The van der Waals surface area contributed by atoms with Crippen LogP contribution in [0.3, 0.4) is 0 Å². The minimum absolute atomic E-state index is 0.0875. The second-order valence-electron chi connectivity index (χ2n) is 6.65. The number of hydrogen-bond donors (Lipinski definition) is 2. The molecule has 2 unspecified atom stereocenters. The second kappa shape index (κ2) is 5.76. The normalized spacial score (nSPS) is 31.8. The molecule has 0 radical (unpaired) electrons. The van der Waals surface area contributed by atoms with Crippen molar-refractivity contribution in [3.63, 3.8) is 0 Å². The zero-order valence-electron chi connectivity index (χ0n) is 12.4. The standard InChI is InChI=1S/C17H23FN2O/c1-10-7-13(5-6-15(10)18)17(21)20-16-11-3-2-4-12(16)9-14(19)8-11/h5-7,11-12,14,16H,2-4,8-9,19H2,1H3,(H,20,21). The molecule has 4 heteroatoms. The van der Waals surface area contributed by atoms with Crippen molar-refractivity contribution in [1.82, 2.24) is 5.32 Å². The topological polar surface area (TPSA) is 55.1 Å². The van der Waals surface area contributed by atoms with Gasteiger partial charge in [-0.05, 0) is 68.2 Å². The molecule has 2 bridgehead atoms. The lowest BCUT2D eigenvalue weighted by atomic mass is 9.67. The fourth-order valence-corrected chi connectivity index (χ4v) is 4.05. The molecule has 0 saturated heterocycles.